The van der Waals surface area contributed by atoms with Crippen LogP contribution in [0.15, 0.2) is 30.5 Å². The average Bonchev–Trinajstić information content (AvgIpc) is 3.07. The number of nitrogens with two attached hydrogens (primary N) is 1. The van der Waals surface area contributed by atoms with Crippen LogP contribution in [-0.4, -0.2) is 39.8 Å². The monoisotopic (exact) mass is 404 g/mol. The Bertz CT molecular complexity index is 1020. The fourth-order valence-corrected chi connectivity index (χ4v) is 4.21. The second-order valence-corrected chi connectivity index (χ2v) is 8.19. The topological polar surface area (TPSA) is 83.7 Å². The Kier molecular flexibility index (Phi) is 4.72. The number of nitrogens with zero attached hydrogens (tertiary/aromatic N) is 4. The average molecular weight is 404 g/mol. The first kappa shape index (κ1) is 19.6. The summed E-state index contributed by atoms with van der Waals surface area (Å²) in [4.78, 5) is 10.5. The number of nitrogens with one attached hydrogen (secondary N) is 1. The van der Waals surface area contributed by atoms with Crippen molar-refractivity contribution < 1.29 is 13.2 Å². The second-order valence-electron chi connectivity index (χ2n) is 8.19. The lowest BCUT2D eigenvalue weighted by Crippen LogP contribution is -2.60. The largest absolute Gasteiger partial charge is 0.418 e. The molecule has 0 saturated carbocycles. The summed E-state index contributed by atoms with van der Waals surface area (Å²) in [6.07, 6.45) is -2.01. The predicted octanol–water partition coefficient (Wildman–Crippen LogP) is 3.85. The van der Waals surface area contributed by atoms with Crippen LogP contribution in [0.1, 0.15) is 25.8 Å². The SMILES string of the molecule is CC(C)CC1(CN)CN(c2ccc(C(F)(F)F)c(-c3[nH]nc4ncccc34)n2)C1. The van der Waals surface area contributed by atoms with Crippen LogP contribution < -0.4 is 10.6 Å². The molecular weight excluding hydrogens is 381 g/mol. The zero-order chi connectivity index (χ0) is 20.8. The molecule has 4 rings (SSSR count). The molecule has 3 N–H and O–H groups in total. The summed E-state index contributed by atoms with van der Waals surface area (Å²) in [5.41, 5.74) is 5.58. The number of hydrogen-bond donors (Lipinski definition) is 2. The van der Waals surface area contributed by atoms with E-state index in [1.807, 2.05) is 4.90 Å². The third kappa shape index (κ3) is 3.55. The van der Waals surface area contributed by atoms with Gasteiger partial charge in [0.25, 0.3) is 0 Å². The van der Waals surface area contributed by atoms with Crippen LogP contribution in [0.3, 0.4) is 0 Å². The van der Waals surface area contributed by atoms with Crippen LogP contribution in [0.5, 0.6) is 0 Å². The van der Waals surface area contributed by atoms with E-state index in [-0.39, 0.29) is 16.8 Å². The van der Waals surface area contributed by atoms with Crippen LogP contribution >= 0.6 is 0 Å². The molecule has 3 aromatic heterocycles. The first-order valence-corrected chi connectivity index (χ1v) is 9.55. The van der Waals surface area contributed by atoms with E-state index < -0.39 is 11.7 Å². The molecule has 3 aromatic rings. The number of halogens is 3. The third-order valence-corrected chi connectivity index (χ3v) is 5.40. The number of H-pyrrole nitrogens is 1. The fourth-order valence-electron chi connectivity index (χ4n) is 4.21. The number of pyridine rings is 2. The van der Waals surface area contributed by atoms with Gasteiger partial charge in [-0.05, 0) is 36.6 Å². The van der Waals surface area contributed by atoms with Crippen molar-refractivity contribution in [3.05, 3.63) is 36.0 Å². The number of anilines is 1. The molecule has 1 aliphatic heterocycles. The lowest BCUT2D eigenvalue weighted by Gasteiger charge is -2.51. The minimum Gasteiger partial charge on any atom is -0.355 e. The Morgan fingerprint density at radius 2 is 2.00 bits per heavy atom. The van der Waals surface area contributed by atoms with Crippen LogP contribution in [0, 0.1) is 11.3 Å². The highest BCUT2D eigenvalue weighted by atomic mass is 19.4. The normalized spacial score (nSPS) is 16.4. The van der Waals surface area contributed by atoms with E-state index in [0.717, 1.165) is 12.5 Å². The molecule has 0 atom stereocenters. The number of rotatable bonds is 5. The van der Waals surface area contributed by atoms with Gasteiger partial charge in [0.05, 0.1) is 11.3 Å². The second kappa shape index (κ2) is 6.98. The minimum absolute atomic E-state index is 0.0106. The number of aromatic nitrogens is 4. The zero-order valence-electron chi connectivity index (χ0n) is 16.3. The van der Waals surface area contributed by atoms with Crippen LogP contribution in [0.25, 0.3) is 22.4 Å². The Labute approximate surface area is 166 Å². The Balaban J connectivity index is 1.73. The van der Waals surface area contributed by atoms with Gasteiger partial charge in [0.1, 0.15) is 11.5 Å². The van der Waals surface area contributed by atoms with Gasteiger partial charge in [-0.15, -0.1) is 0 Å². The van der Waals surface area contributed by atoms with E-state index >= 15 is 0 Å². The first-order valence-electron chi connectivity index (χ1n) is 9.55. The summed E-state index contributed by atoms with van der Waals surface area (Å²) < 4.78 is 41.0. The van der Waals surface area contributed by atoms with Gasteiger partial charge in [-0.1, -0.05) is 13.8 Å². The molecule has 154 valence electrons. The van der Waals surface area contributed by atoms with Gasteiger partial charge in [-0.2, -0.15) is 18.3 Å². The smallest absolute Gasteiger partial charge is 0.355 e. The molecule has 0 unspecified atom stereocenters. The minimum atomic E-state index is -4.53. The van der Waals surface area contributed by atoms with Crippen molar-refractivity contribution in [3.8, 4) is 11.4 Å². The highest BCUT2D eigenvalue weighted by molar-refractivity contribution is 5.90. The summed E-state index contributed by atoms with van der Waals surface area (Å²) in [5, 5.41) is 7.21. The molecule has 4 heterocycles. The summed E-state index contributed by atoms with van der Waals surface area (Å²) in [6, 6.07) is 5.86. The van der Waals surface area contributed by atoms with Crippen molar-refractivity contribution in [1.29, 1.82) is 0 Å². The number of hydrogen-bond acceptors (Lipinski definition) is 5. The maximum atomic E-state index is 13.7. The molecule has 29 heavy (non-hydrogen) atoms. The highest BCUT2D eigenvalue weighted by Crippen LogP contribution is 2.42. The van der Waals surface area contributed by atoms with Gasteiger partial charge < -0.3 is 10.6 Å². The third-order valence-electron chi connectivity index (χ3n) is 5.40. The Morgan fingerprint density at radius 1 is 1.24 bits per heavy atom. The van der Waals surface area contributed by atoms with E-state index in [9.17, 15) is 13.2 Å². The molecule has 0 amide bonds. The molecule has 1 fully saturated rings. The van der Waals surface area contributed by atoms with Crippen molar-refractivity contribution in [3.63, 3.8) is 0 Å². The van der Waals surface area contributed by atoms with Gasteiger partial charge >= 0.3 is 6.18 Å². The van der Waals surface area contributed by atoms with Crippen molar-refractivity contribution in [1.82, 2.24) is 20.2 Å². The number of aromatic amines is 1. The van der Waals surface area contributed by atoms with Crippen LogP contribution in [0.4, 0.5) is 19.0 Å². The van der Waals surface area contributed by atoms with E-state index in [1.54, 1.807) is 18.3 Å². The van der Waals surface area contributed by atoms with Gasteiger partial charge in [0.2, 0.25) is 0 Å². The maximum absolute atomic E-state index is 13.7. The van der Waals surface area contributed by atoms with E-state index in [2.05, 4.69) is 34.0 Å². The summed E-state index contributed by atoms with van der Waals surface area (Å²) in [7, 11) is 0. The highest BCUT2D eigenvalue weighted by Gasteiger charge is 2.43. The predicted molar refractivity (Wildman–Crippen MR) is 105 cm³/mol. The van der Waals surface area contributed by atoms with Gasteiger partial charge in [-0.25, -0.2) is 9.97 Å². The molecule has 0 aliphatic carbocycles. The summed E-state index contributed by atoms with van der Waals surface area (Å²) in [5.74, 6) is 1.01. The van der Waals surface area contributed by atoms with Gasteiger partial charge in [0.15, 0.2) is 5.65 Å². The quantitative estimate of drug-likeness (QED) is 0.675. The van der Waals surface area contributed by atoms with Crippen molar-refractivity contribution >= 4 is 16.9 Å². The molecule has 0 aromatic carbocycles. The maximum Gasteiger partial charge on any atom is 0.418 e. The number of fused-ring (bicyclic) bond motifs is 1. The standard InChI is InChI=1S/C20H23F3N6/c1-12(2)8-19(9-24)10-29(11-19)15-6-5-14(20(21,22)23)17(26-15)16-13-4-3-7-25-18(13)28-27-16/h3-7,12H,8-11,24H2,1-2H3,(H,25,27,28). The van der Waals surface area contributed by atoms with Crippen LogP contribution in [0.2, 0.25) is 0 Å². The lowest BCUT2D eigenvalue weighted by molar-refractivity contribution is -0.137. The van der Waals surface area contributed by atoms with Gasteiger partial charge in [-0.3, -0.25) is 5.10 Å². The van der Waals surface area contributed by atoms with E-state index in [0.29, 0.717) is 42.4 Å². The summed E-state index contributed by atoms with van der Waals surface area (Å²) >= 11 is 0. The molecule has 1 saturated heterocycles. The first-order chi connectivity index (χ1) is 13.7. The molecule has 0 bridgehead atoms. The van der Waals surface area contributed by atoms with Crippen molar-refractivity contribution in [2.75, 3.05) is 24.5 Å². The van der Waals surface area contributed by atoms with Gasteiger partial charge in [0, 0.05) is 36.6 Å². The molecule has 9 heteroatoms. The summed E-state index contributed by atoms with van der Waals surface area (Å²) in [6.45, 7) is 6.21. The molecule has 6 nitrogen and oxygen atoms in total. The van der Waals surface area contributed by atoms with E-state index in [1.165, 1.54) is 6.07 Å². The van der Waals surface area contributed by atoms with Crippen molar-refractivity contribution in [2.24, 2.45) is 17.1 Å². The fraction of sp³-hybridized carbons (Fsp3) is 0.450. The zero-order valence-corrected chi connectivity index (χ0v) is 16.3. The molecule has 1 aliphatic rings. The Hall–Kier alpha value is -2.68. The van der Waals surface area contributed by atoms with E-state index in [4.69, 9.17) is 5.73 Å². The lowest BCUT2D eigenvalue weighted by atomic mass is 9.73. The van der Waals surface area contributed by atoms with Crippen molar-refractivity contribution in [2.45, 2.75) is 26.4 Å². The Morgan fingerprint density at radius 3 is 2.66 bits per heavy atom. The molecule has 0 spiro atoms. The molecular formula is C20H23F3N6. The number of alkyl halides is 3. The molecule has 0 radical (unpaired) electrons. The van der Waals surface area contributed by atoms with Crippen LogP contribution in [-0.2, 0) is 6.18 Å².